The van der Waals surface area contributed by atoms with Crippen LogP contribution in [0.25, 0.3) is 0 Å². The summed E-state index contributed by atoms with van der Waals surface area (Å²) in [5, 5.41) is 5.16. The summed E-state index contributed by atoms with van der Waals surface area (Å²) in [6, 6.07) is 3.29. The van der Waals surface area contributed by atoms with Crippen LogP contribution in [0.2, 0.25) is 0 Å². The van der Waals surface area contributed by atoms with Gasteiger partial charge < -0.3 is 24.8 Å². The molecule has 0 spiro atoms. The summed E-state index contributed by atoms with van der Waals surface area (Å²) in [7, 11) is 4.52. The number of nitrogens with one attached hydrogen (secondary N) is 2. The summed E-state index contributed by atoms with van der Waals surface area (Å²) in [5.41, 5.74) is 0.519. The number of ether oxygens (including phenoxy) is 3. The molecular weight excluding hydrogens is 320 g/mol. The van der Waals surface area contributed by atoms with Gasteiger partial charge in [-0.05, 0) is 0 Å². The van der Waals surface area contributed by atoms with E-state index in [1.54, 1.807) is 12.1 Å². The maximum atomic E-state index is 12.2. The quantitative estimate of drug-likeness (QED) is 0.811. The van der Waals surface area contributed by atoms with Crippen LogP contribution in [0.5, 0.6) is 17.2 Å². The molecule has 2 amide bonds. The number of hydrogen-bond acceptors (Lipinski definition) is 6. The zero-order chi connectivity index (χ0) is 16.8. The van der Waals surface area contributed by atoms with Crippen molar-refractivity contribution in [1.29, 1.82) is 0 Å². The van der Waals surface area contributed by atoms with Crippen LogP contribution in [0.15, 0.2) is 12.1 Å². The highest BCUT2D eigenvalue weighted by Crippen LogP contribution is 2.40. The molecule has 0 radical (unpaired) electrons. The Bertz CT molecular complexity index is 568. The lowest BCUT2D eigenvalue weighted by atomic mass is 10.2. The van der Waals surface area contributed by atoms with E-state index in [0.717, 1.165) is 5.75 Å². The van der Waals surface area contributed by atoms with E-state index in [1.807, 2.05) is 0 Å². The van der Waals surface area contributed by atoms with Gasteiger partial charge in [0.15, 0.2) is 11.5 Å². The Labute approximate surface area is 139 Å². The fourth-order valence-corrected chi connectivity index (χ4v) is 3.26. The minimum atomic E-state index is -0.356. The topological polar surface area (TPSA) is 85.9 Å². The minimum absolute atomic E-state index is 0.0960. The Morgan fingerprint density at radius 3 is 2.43 bits per heavy atom. The highest BCUT2D eigenvalue weighted by atomic mass is 32.2. The molecule has 1 aromatic rings. The SMILES string of the molecule is COc1cc(NC(=O)C[C@H]2SCCNC2=O)cc(OC)c1OC. The fourth-order valence-electron chi connectivity index (χ4n) is 2.25. The van der Waals surface area contributed by atoms with E-state index < -0.39 is 0 Å². The number of thioether (sulfide) groups is 1. The lowest BCUT2D eigenvalue weighted by Crippen LogP contribution is -2.40. The van der Waals surface area contributed by atoms with Crippen molar-refractivity contribution < 1.29 is 23.8 Å². The van der Waals surface area contributed by atoms with Gasteiger partial charge >= 0.3 is 0 Å². The van der Waals surface area contributed by atoms with Crippen molar-refractivity contribution in [2.24, 2.45) is 0 Å². The predicted octanol–water partition coefficient (Wildman–Crippen LogP) is 1.27. The van der Waals surface area contributed by atoms with E-state index in [9.17, 15) is 9.59 Å². The monoisotopic (exact) mass is 340 g/mol. The molecule has 1 atom stereocenters. The zero-order valence-electron chi connectivity index (χ0n) is 13.3. The summed E-state index contributed by atoms with van der Waals surface area (Å²) < 4.78 is 15.7. The average Bonchev–Trinajstić information content (AvgIpc) is 2.55. The van der Waals surface area contributed by atoms with Crippen molar-refractivity contribution in [1.82, 2.24) is 5.32 Å². The number of anilines is 1. The van der Waals surface area contributed by atoms with Gasteiger partial charge in [0.1, 0.15) is 0 Å². The van der Waals surface area contributed by atoms with E-state index in [4.69, 9.17) is 14.2 Å². The molecule has 1 aromatic carbocycles. The summed E-state index contributed by atoms with van der Waals surface area (Å²) in [5.74, 6) is 1.83. The van der Waals surface area contributed by atoms with Crippen molar-refractivity contribution in [3.05, 3.63) is 12.1 Å². The molecule has 0 aromatic heterocycles. The first-order valence-electron chi connectivity index (χ1n) is 7.08. The fraction of sp³-hybridized carbons (Fsp3) is 0.467. The Morgan fingerprint density at radius 1 is 1.26 bits per heavy atom. The molecule has 126 valence electrons. The molecule has 2 rings (SSSR count). The van der Waals surface area contributed by atoms with Crippen molar-refractivity contribution in [3.8, 4) is 17.2 Å². The van der Waals surface area contributed by atoms with E-state index in [-0.39, 0.29) is 23.5 Å². The molecular formula is C15H20N2O5S. The molecule has 0 aliphatic carbocycles. The van der Waals surface area contributed by atoms with E-state index >= 15 is 0 Å². The Balaban J connectivity index is 2.09. The van der Waals surface area contributed by atoms with Gasteiger partial charge in [0.05, 0.1) is 26.6 Å². The first kappa shape index (κ1) is 17.3. The van der Waals surface area contributed by atoms with Crippen LogP contribution < -0.4 is 24.8 Å². The third-order valence-corrected chi connectivity index (χ3v) is 4.55. The number of hydrogen-bond donors (Lipinski definition) is 2. The molecule has 2 N–H and O–H groups in total. The second kappa shape index (κ2) is 7.96. The van der Waals surface area contributed by atoms with Gasteiger partial charge in [0.2, 0.25) is 17.6 Å². The standard InChI is InChI=1S/C15H20N2O5S/c1-20-10-6-9(7-11(21-2)14(10)22-3)17-13(18)8-12-15(19)16-4-5-23-12/h6-7,12H,4-5,8H2,1-3H3,(H,16,19)(H,17,18)/t12-/m1/s1. The largest absolute Gasteiger partial charge is 0.493 e. The molecule has 1 saturated heterocycles. The van der Waals surface area contributed by atoms with Gasteiger partial charge in [-0.15, -0.1) is 11.8 Å². The van der Waals surface area contributed by atoms with Crippen LogP contribution in [-0.2, 0) is 9.59 Å². The van der Waals surface area contributed by atoms with Crippen molar-refractivity contribution in [2.75, 3.05) is 38.9 Å². The van der Waals surface area contributed by atoms with Crippen molar-refractivity contribution in [2.45, 2.75) is 11.7 Å². The molecule has 1 fully saturated rings. The van der Waals surface area contributed by atoms with Crippen LogP contribution in [0, 0.1) is 0 Å². The van der Waals surface area contributed by atoms with Gasteiger partial charge in [-0.2, -0.15) is 0 Å². The molecule has 8 heteroatoms. The molecule has 0 bridgehead atoms. The van der Waals surface area contributed by atoms with Crippen molar-refractivity contribution in [3.63, 3.8) is 0 Å². The molecule has 1 heterocycles. The van der Waals surface area contributed by atoms with Crippen LogP contribution in [-0.4, -0.2) is 50.7 Å². The summed E-state index contributed by atoms with van der Waals surface area (Å²) in [6.45, 7) is 0.647. The summed E-state index contributed by atoms with van der Waals surface area (Å²) in [4.78, 5) is 23.9. The highest BCUT2D eigenvalue weighted by Gasteiger charge is 2.25. The van der Waals surface area contributed by atoms with E-state index in [2.05, 4.69) is 10.6 Å². The first-order chi connectivity index (χ1) is 11.1. The second-order valence-electron chi connectivity index (χ2n) is 4.82. The minimum Gasteiger partial charge on any atom is -0.493 e. The lowest BCUT2D eigenvalue weighted by Gasteiger charge is -2.21. The summed E-state index contributed by atoms with van der Waals surface area (Å²) in [6.07, 6.45) is 0.118. The normalized spacial score (nSPS) is 17.2. The number of amides is 2. The van der Waals surface area contributed by atoms with Gasteiger partial charge in [0.25, 0.3) is 0 Å². The van der Waals surface area contributed by atoms with Crippen LogP contribution >= 0.6 is 11.8 Å². The highest BCUT2D eigenvalue weighted by molar-refractivity contribution is 8.00. The first-order valence-corrected chi connectivity index (χ1v) is 8.13. The van der Waals surface area contributed by atoms with Crippen LogP contribution in [0.4, 0.5) is 5.69 Å². The van der Waals surface area contributed by atoms with E-state index in [0.29, 0.717) is 29.5 Å². The molecule has 0 unspecified atom stereocenters. The number of methoxy groups -OCH3 is 3. The third kappa shape index (κ3) is 4.22. The number of rotatable bonds is 6. The van der Waals surface area contributed by atoms with Gasteiger partial charge in [-0.3, -0.25) is 9.59 Å². The molecule has 1 aliphatic heterocycles. The number of benzene rings is 1. The molecule has 7 nitrogen and oxygen atoms in total. The zero-order valence-corrected chi connectivity index (χ0v) is 14.1. The molecule has 1 aliphatic rings. The van der Waals surface area contributed by atoms with Gasteiger partial charge in [-0.1, -0.05) is 0 Å². The predicted molar refractivity (Wildman–Crippen MR) is 88.6 cm³/mol. The second-order valence-corrected chi connectivity index (χ2v) is 6.13. The van der Waals surface area contributed by atoms with E-state index in [1.165, 1.54) is 33.1 Å². The maximum absolute atomic E-state index is 12.2. The smallest absolute Gasteiger partial charge is 0.233 e. The summed E-state index contributed by atoms with van der Waals surface area (Å²) >= 11 is 1.49. The van der Waals surface area contributed by atoms with Gasteiger partial charge in [-0.25, -0.2) is 0 Å². The number of carbonyl (C=O) groups excluding carboxylic acids is 2. The third-order valence-electron chi connectivity index (χ3n) is 3.33. The van der Waals surface area contributed by atoms with Crippen molar-refractivity contribution >= 4 is 29.3 Å². The lowest BCUT2D eigenvalue weighted by molar-refractivity contribution is -0.123. The Morgan fingerprint density at radius 2 is 1.91 bits per heavy atom. The average molecular weight is 340 g/mol. The maximum Gasteiger partial charge on any atom is 0.233 e. The van der Waals surface area contributed by atoms with Crippen LogP contribution in [0.3, 0.4) is 0 Å². The Hall–Kier alpha value is -2.09. The molecule has 23 heavy (non-hydrogen) atoms. The Kier molecular flexibility index (Phi) is 5.97. The van der Waals surface area contributed by atoms with Crippen LogP contribution in [0.1, 0.15) is 6.42 Å². The van der Waals surface area contributed by atoms with Gasteiger partial charge in [0, 0.05) is 36.5 Å². The molecule has 0 saturated carbocycles. The number of carbonyl (C=O) groups is 2.